The van der Waals surface area contributed by atoms with Gasteiger partial charge in [0.2, 0.25) is 0 Å². The van der Waals surface area contributed by atoms with E-state index >= 15 is 0 Å². The van der Waals surface area contributed by atoms with E-state index in [-0.39, 0.29) is 34.2 Å². The van der Waals surface area contributed by atoms with Crippen LogP contribution < -0.4 is 0 Å². The number of carbonyl (C=O) groups excluding carboxylic acids is 2. The van der Waals surface area contributed by atoms with Gasteiger partial charge in [0.15, 0.2) is 12.4 Å². The molecule has 0 aromatic heterocycles. The number of ketones is 1. The molecule has 10 atom stereocenters. The van der Waals surface area contributed by atoms with Crippen LogP contribution in [0.1, 0.15) is 113 Å². The Morgan fingerprint density at radius 3 is 2.37 bits per heavy atom. The zero-order chi connectivity index (χ0) is 31.7. The molecule has 242 valence electrons. The van der Waals surface area contributed by atoms with Crippen molar-refractivity contribution in [2.75, 3.05) is 6.61 Å². The molecule has 3 fully saturated rings. The van der Waals surface area contributed by atoms with Gasteiger partial charge in [-0.25, -0.2) is 0 Å². The number of ether oxygens (including phenoxy) is 2. The van der Waals surface area contributed by atoms with Gasteiger partial charge in [-0.05, 0) is 91.8 Å². The van der Waals surface area contributed by atoms with Gasteiger partial charge in [-0.15, -0.1) is 0 Å². The fraction of sp³-hybridized carbons (Fsp3) is 0.833. The van der Waals surface area contributed by atoms with Gasteiger partial charge in [-0.3, -0.25) is 9.59 Å². The molecule has 7 nitrogen and oxygen atoms in total. The van der Waals surface area contributed by atoms with Gasteiger partial charge in [0.05, 0.1) is 12.5 Å². The number of hydrogen-bond acceptors (Lipinski definition) is 7. The lowest BCUT2D eigenvalue weighted by molar-refractivity contribution is -0.262. The zero-order valence-electron chi connectivity index (χ0n) is 27.6. The van der Waals surface area contributed by atoms with Crippen molar-refractivity contribution in [1.82, 2.24) is 0 Å². The van der Waals surface area contributed by atoms with Gasteiger partial charge in [0.25, 0.3) is 0 Å². The summed E-state index contributed by atoms with van der Waals surface area (Å²) in [5, 5.41) is 31.1. The first-order valence-electron chi connectivity index (χ1n) is 16.8. The highest BCUT2D eigenvalue weighted by Gasteiger charge is 2.64. The minimum absolute atomic E-state index is 0.0366. The maximum atomic E-state index is 14.1. The van der Waals surface area contributed by atoms with Crippen LogP contribution in [0.5, 0.6) is 0 Å². The van der Waals surface area contributed by atoms with E-state index < -0.39 is 36.5 Å². The Hall–Kier alpha value is -1.54. The Kier molecular flexibility index (Phi) is 8.68. The highest BCUT2D eigenvalue weighted by molar-refractivity contribution is 5.85. The average molecular weight is 601 g/mol. The Morgan fingerprint density at radius 2 is 1.70 bits per heavy atom. The summed E-state index contributed by atoms with van der Waals surface area (Å²) in [6, 6.07) is 0. The zero-order valence-corrected chi connectivity index (χ0v) is 27.6. The fourth-order valence-electron chi connectivity index (χ4n) is 10.4. The number of aliphatic hydroxyl groups is 3. The number of Topliss-reactive ketones (excluding diaryl/α,β-unsaturated/α-hetero) is 1. The normalized spacial score (nSPS) is 43.1. The maximum absolute atomic E-state index is 14.1. The molecule has 2 saturated carbocycles. The lowest BCUT2D eigenvalue weighted by Gasteiger charge is -2.60. The topological polar surface area (TPSA) is 113 Å². The fourth-order valence-corrected chi connectivity index (χ4v) is 10.4. The van der Waals surface area contributed by atoms with Crippen LogP contribution in [-0.4, -0.2) is 58.3 Å². The van der Waals surface area contributed by atoms with Crippen LogP contribution in [0, 0.1) is 45.3 Å². The van der Waals surface area contributed by atoms with Crippen molar-refractivity contribution in [3.05, 3.63) is 23.3 Å². The molecule has 0 bridgehead atoms. The minimum atomic E-state index is -1.48. The van der Waals surface area contributed by atoms with E-state index in [0.29, 0.717) is 36.9 Å². The number of esters is 1. The van der Waals surface area contributed by atoms with Gasteiger partial charge in [0, 0.05) is 11.8 Å². The van der Waals surface area contributed by atoms with E-state index in [0.717, 1.165) is 50.5 Å². The molecule has 5 rings (SSSR count). The van der Waals surface area contributed by atoms with Crippen molar-refractivity contribution in [1.29, 1.82) is 0 Å². The predicted octanol–water partition coefficient (Wildman–Crippen LogP) is 5.90. The number of allylic oxidation sites excluding steroid dienone is 3. The van der Waals surface area contributed by atoms with Crippen molar-refractivity contribution >= 4 is 11.8 Å². The first-order valence-corrected chi connectivity index (χ1v) is 16.8. The van der Waals surface area contributed by atoms with E-state index in [9.17, 15) is 24.9 Å². The number of hydrogen-bond donors (Lipinski definition) is 3. The summed E-state index contributed by atoms with van der Waals surface area (Å²) < 4.78 is 11.0. The molecule has 1 saturated heterocycles. The Labute approximate surface area is 258 Å². The highest BCUT2D eigenvalue weighted by atomic mass is 16.7. The Balaban J connectivity index is 1.47. The molecule has 1 aliphatic heterocycles. The van der Waals surface area contributed by atoms with Crippen LogP contribution >= 0.6 is 0 Å². The van der Waals surface area contributed by atoms with E-state index in [2.05, 4.69) is 55.0 Å². The van der Waals surface area contributed by atoms with Gasteiger partial charge in [-0.1, -0.05) is 71.8 Å². The van der Waals surface area contributed by atoms with Gasteiger partial charge >= 0.3 is 5.97 Å². The van der Waals surface area contributed by atoms with E-state index in [4.69, 9.17) is 9.47 Å². The Morgan fingerprint density at radius 1 is 1.00 bits per heavy atom. The SMILES string of the molecule is C=C(CCC(C(=O)OC1C(O)OCC(O)C1O)C1CCC2(C)C3=C(CCC12C)C1(C)CCC(=O)C(C)(C)C1CC3)C(C)C. The van der Waals surface area contributed by atoms with Crippen molar-refractivity contribution in [2.45, 2.75) is 137 Å². The van der Waals surface area contributed by atoms with Crippen LogP contribution in [0.15, 0.2) is 23.3 Å². The highest BCUT2D eigenvalue weighted by Crippen LogP contribution is 2.72. The summed E-state index contributed by atoms with van der Waals surface area (Å²) in [5.74, 6) is 0.272. The molecular formula is C36H56O7. The molecule has 0 spiro atoms. The second kappa shape index (κ2) is 11.4. The molecule has 43 heavy (non-hydrogen) atoms. The number of aliphatic hydroxyl groups excluding tert-OH is 3. The van der Waals surface area contributed by atoms with Crippen LogP contribution in [0.4, 0.5) is 0 Å². The molecular weight excluding hydrogens is 544 g/mol. The quantitative estimate of drug-likeness (QED) is 0.246. The van der Waals surface area contributed by atoms with Crippen molar-refractivity contribution in [2.24, 2.45) is 45.3 Å². The van der Waals surface area contributed by atoms with E-state index in [1.165, 1.54) is 0 Å². The molecule has 4 aliphatic carbocycles. The van der Waals surface area contributed by atoms with E-state index in [1.54, 1.807) is 11.1 Å². The van der Waals surface area contributed by atoms with Crippen molar-refractivity contribution in [3.8, 4) is 0 Å². The molecule has 0 aromatic rings. The third-order valence-corrected chi connectivity index (χ3v) is 13.6. The van der Waals surface area contributed by atoms with Gasteiger partial charge < -0.3 is 24.8 Å². The third kappa shape index (κ3) is 5.09. The van der Waals surface area contributed by atoms with Gasteiger partial charge in [-0.2, -0.15) is 0 Å². The molecule has 5 aliphatic rings. The molecule has 0 radical (unpaired) electrons. The van der Waals surface area contributed by atoms with Crippen molar-refractivity contribution < 1.29 is 34.4 Å². The summed E-state index contributed by atoms with van der Waals surface area (Å²) in [7, 11) is 0. The molecule has 3 N–H and O–H groups in total. The minimum Gasteiger partial charge on any atom is -0.454 e. The summed E-state index contributed by atoms with van der Waals surface area (Å²) in [4.78, 5) is 27.1. The molecule has 7 heteroatoms. The largest absolute Gasteiger partial charge is 0.454 e. The molecule has 0 aromatic carbocycles. The molecule has 10 unspecified atom stereocenters. The van der Waals surface area contributed by atoms with Crippen LogP contribution in [-0.2, 0) is 19.1 Å². The van der Waals surface area contributed by atoms with Crippen LogP contribution in [0.2, 0.25) is 0 Å². The van der Waals surface area contributed by atoms with Gasteiger partial charge in [0.1, 0.15) is 18.0 Å². The average Bonchev–Trinajstić information content (AvgIpc) is 3.22. The summed E-state index contributed by atoms with van der Waals surface area (Å²) in [5.41, 5.74) is 3.83. The number of fused-ring (bicyclic) bond motifs is 4. The molecule has 0 amide bonds. The third-order valence-electron chi connectivity index (χ3n) is 13.6. The number of rotatable bonds is 7. The summed E-state index contributed by atoms with van der Waals surface area (Å²) in [6.45, 7) is 19.8. The van der Waals surface area contributed by atoms with Crippen LogP contribution in [0.3, 0.4) is 0 Å². The maximum Gasteiger partial charge on any atom is 0.309 e. The molecule has 1 heterocycles. The lowest BCUT2D eigenvalue weighted by atomic mass is 9.43. The van der Waals surface area contributed by atoms with Crippen LogP contribution in [0.25, 0.3) is 0 Å². The smallest absolute Gasteiger partial charge is 0.309 e. The van der Waals surface area contributed by atoms with E-state index in [1.807, 2.05) is 0 Å². The summed E-state index contributed by atoms with van der Waals surface area (Å²) in [6.07, 6.45) is 3.35. The standard InChI is InChI=1S/C36H56O7/c1-20(2)21(3)9-10-22(31(40)43-30-29(39)26(37)19-42-32(30)41)23-13-17-36(8)25-11-12-27-33(4,5)28(38)15-16-34(27,6)24(25)14-18-35(23,36)7/h20,22-23,26-27,29-30,32,37,39,41H,3,9-19H2,1-2,4-8H3. The van der Waals surface area contributed by atoms with Crippen molar-refractivity contribution in [3.63, 3.8) is 0 Å². The predicted molar refractivity (Wildman–Crippen MR) is 165 cm³/mol. The second-order valence-electron chi connectivity index (χ2n) is 16.1. The summed E-state index contributed by atoms with van der Waals surface area (Å²) >= 11 is 0. The monoisotopic (exact) mass is 600 g/mol. The first kappa shape index (κ1) is 32.8. The lowest BCUT2D eigenvalue weighted by Crippen LogP contribution is -2.56. The first-order chi connectivity index (χ1) is 20.0. The second-order valence-corrected chi connectivity index (χ2v) is 16.1. The number of carbonyl (C=O) groups is 2. The Bertz CT molecular complexity index is 1170.